The van der Waals surface area contributed by atoms with Gasteiger partial charge in [-0.3, -0.25) is 5.43 Å². The molecule has 0 aromatic carbocycles. The second kappa shape index (κ2) is 5.20. The van der Waals surface area contributed by atoms with Gasteiger partial charge in [0.05, 0.1) is 0 Å². The fraction of sp³-hybridized carbons (Fsp3) is 0.900. The van der Waals surface area contributed by atoms with Crippen molar-refractivity contribution in [3.8, 4) is 0 Å². The van der Waals surface area contributed by atoms with Crippen LogP contribution in [0.3, 0.4) is 0 Å². The van der Waals surface area contributed by atoms with Crippen LogP contribution in [0.2, 0.25) is 0 Å². The van der Waals surface area contributed by atoms with Crippen molar-refractivity contribution in [1.82, 2.24) is 10.3 Å². The average Bonchev–Trinajstić information content (AvgIpc) is 1.96. The maximum Gasteiger partial charge on any atom is 0.208 e. The van der Waals surface area contributed by atoms with Gasteiger partial charge in [-0.25, -0.2) is 10.8 Å². The molecule has 0 atom stereocenters. The molecule has 0 aliphatic carbocycles. The third kappa shape index (κ3) is 5.80. The summed E-state index contributed by atoms with van der Waals surface area (Å²) >= 11 is 0. The zero-order chi connectivity index (χ0) is 11.4. The van der Waals surface area contributed by atoms with Gasteiger partial charge < -0.3 is 4.90 Å². The van der Waals surface area contributed by atoms with Crippen molar-refractivity contribution in [2.45, 2.75) is 40.7 Å². The van der Waals surface area contributed by atoms with Crippen molar-refractivity contribution in [3.63, 3.8) is 0 Å². The Balaban J connectivity index is 4.40. The molecule has 4 nitrogen and oxygen atoms in total. The van der Waals surface area contributed by atoms with Gasteiger partial charge in [0.2, 0.25) is 5.96 Å². The Labute approximate surface area is 87.5 Å². The number of nitrogens with zero attached hydrogens (tertiary/aromatic N) is 2. The highest BCUT2D eigenvalue weighted by Crippen LogP contribution is 2.14. The maximum atomic E-state index is 5.42. The monoisotopic (exact) mass is 200 g/mol. The van der Waals surface area contributed by atoms with Crippen LogP contribution in [-0.4, -0.2) is 30.5 Å². The van der Waals surface area contributed by atoms with Crippen LogP contribution in [0.15, 0.2) is 4.99 Å². The van der Waals surface area contributed by atoms with Crippen molar-refractivity contribution in [3.05, 3.63) is 0 Å². The smallest absolute Gasteiger partial charge is 0.208 e. The number of guanidine groups is 1. The molecule has 0 saturated heterocycles. The number of nitrogens with two attached hydrogens (primary N) is 1. The molecule has 0 heterocycles. The highest BCUT2D eigenvalue weighted by molar-refractivity contribution is 5.79. The van der Waals surface area contributed by atoms with Crippen LogP contribution in [-0.2, 0) is 0 Å². The lowest BCUT2D eigenvalue weighted by atomic mass is 9.96. The maximum absolute atomic E-state index is 5.42. The van der Waals surface area contributed by atoms with Crippen LogP contribution in [0.1, 0.15) is 34.6 Å². The molecular formula is C10H24N4. The first-order valence-corrected chi connectivity index (χ1v) is 5.02. The van der Waals surface area contributed by atoms with E-state index >= 15 is 0 Å². The van der Waals surface area contributed by atoms with Gasteiger partial charge in [0.1, 0.15) is 0 Å². The lowest BCUT2D eigenvalue weighted by Gasteiger charge is -2.28. The van der Waals surface area contributed by atoms with Gasteiger partial charge in [-0.2, -0.15) is 0 Å². The number of nitrogens with one attached hydrogen (secondary N) is 1. The zero-order valence-electron chi connectivity index (χ0n) is 10.3. The van der Waals surface area contributed by atoms with Gasteiger partial charge in [-0.05, 0) is 19.3 Å². The van der Waals surface area contributed by atoms with Gasteiger partial charge >= 0.3 is 0 Å². The zero-order valence-corrected chi connectivity index (χ0v) is 10.3. The van der Waals surface area contributed by atoms with Gasteiger partial charge in [0, 0.05) is 19.6 Å². The summed E-state index contributed by atoms with van der Waals surface area (Å²) in [6, 6.07) is 0.253. The molecule has 0 aliphatic heterocycles. The van der Waals surface area contributed by atoms with Gasteiger partial charge in [0.15, 0.2) is 0 Å². The first-order valence-electron chi connectivity index (χ1n) is 5.02. The van der Waals surface area contributed by atoms with Crippen molar-refractivity contribution in [2.24, 2.45) is 16.3 Å². The highest BCUT2D eigenvalue weighted by atomic mass is 15.4. The second-order valence-electron chi connectivity index (χ2n) is 5.11. The molecule has 0 aromatic rings. The van der Waals surface area contributed by atoms with Gasteiger partial charge in [0.25, 0.3) is 0 Å². The van der Waals surface area contributed by atoms with E-state index in [0.29, 0.717) is 0 Å². The van der Waals surface area contributed by atoms with Gasteiger partial charge in [-0.15, -0.1) is 0 Å². The van der Waals surface area contributed by atoms with Crippen molar-refractivity contribution in [2.75, 3.05) is 13.6 Å². The molecule has 0 saturated carbocycles. The van der Waals surface area contributed by atoms with Crippen LogP contribution >= 0.6 is 0 Å². The average molecular weight is 200 g/mol. The Hall–Kier alpha value is -0.770. The van der Waals surface area contributed by atoms with Crippen LogP contribution < -0.4 is 11.3 Å². The third-order valence-electron chi connectivity index (χ3n) is 1.58. The van der Waals surface area contributed by atoms with Crippen LogP contribution in [0.5, 0.6) is 0 Å². The van der Waals surface area contributed by atoms with E-state index in [4.69, 9.17) is 5.84 Å². The summed E-state index contributed by atoms with van der Waals surface area (Å²) in [5, 5.41) is 0. The Morgan fingerprint density at radius 3 is 2.21 bits per heavy atom. The molecule has 14 heavy (non-hydrogen) atoms. The number of rotatable bonds is 2. The lowest BCUT2D eigenvalue weighted by molar-refractivity contribution is 0.299. The Kier molecular flexibility index (Phi) is 4.91. The molecule has 0 fully saturated rings. The summed E-state index contributed by atoms with van der Waals surface area (Å²) in [5.41, 5.74) is 2.87. The van der Waals surface area contributed by atoms with E-state index in [1.165, 1.54) is 0 Å². The van der Waals surface area contributed by atoms with E-state index in [1.54, 1.807) is 0 Å². The summed E-state index contributed by atoms with van der Waals surface area (Å²) in [5.74, 6) is 6.16. The molecule has 3 N–H and O–H groups in total. The fourth-order valence-electron chi connectivity index (χ4n) is 1.28. The number of hydrazine groups is 1. The van der Waals surface area contributed by atoms with E-state index in [0.717, 1.165) is 12.5 Å². The van der Waals surface area contributed by atoms with Crippen LogP contribution in [0.4, 0.5) is 0 Å². The first-order chi connectivity index (χ1) is 6.26. The number of hydrogen-bond acceptors (Lipinski definition) is 2. The van der Waals surface area contributed by atoms with Crippen LogP contribution in [0.25, 0.3) is 0 Å². The SMILES string of the molecule is CC(C)N=C(NN)N(C)CC(C)(C)C. The first kappa shape index (κ1) is 13.2. The lowest BCUT2D eigenvalue weighted by Crippen LogP contribution is -2.46. The van der Waals surface area contributed by atoms with Gasteiger partial charge in [-0.1, -0.05) is 20.8 Å². The fourth-order valence-corrected chi connectivity index (χ4v) is 1.28. The number of hydrogen-bond donors (Lipinski definition) is 2. The summed E-state index contributed by atoms with van der Waals surface area (Å²) in [4.78, 5) is 6.43. The van der Waals surface area contributed by atoms with Crippen molar-refractivity contribution in [1.29, 1.82) is 0 Å². The third-order valence-corrected chi connectivity index (χ3v) is 1.58. The van der Waals surface area contributed by atoms with E-state index in [9.17, 15) is 0 Å². The molecule has 84 valence electrons. The Morgan fingerprint density at radius 1 is 1.43 bits per heavy atom. The molecule has 0 amide bonds. The molecule has 0 aromatic heterocycles. The molecule has 0 rings (SSSR count). The summed E-state index contributed by atoms with van der Waals surface area (Å²) in [6.07, 6.45) is 0. The van der Waals surface area contributed by atoms with E-state index in [-0.39, 0.29) is 11.5 Å². The topological polar surface area (TPSA) is 53.6 Å². The highest BCUT2D eigenvalue weighted by Gasteiger charge is 2.15. The minimum atomic E-state index is 0.239. The molecular weight excluding hydrogens is 176 g/mol. The normalized spacial score (nSPS) is 13.3. The Morgan fingerprint density at radius 2 is 1.93 bits per heavy atom. The molecule has 0 spiro atoms. The molecule has 0 radical (unpaired) electrons. The molecule has 0 aliphatic rings. The standard InChI is InChI=1S/C10H24N4/c1-8(2)12-9(13-11)14(6)7-10(3,4)5/h8H,7,11H2,1-6H3,(H,12,13). The Bertz CT molecular complexity index is 191. The summed E-state index contributed by atoms with van der Waals surface area (Å²) in [6.45, 7) is 11.5. The minimum absolute atomic E-state index is 0.239. The number of aliphatic imine (C=N–C) groups is 1. The van der Waals surface area contributed by atoms with E-state index < -0.39 is 0 Å². The summed E-state index contributed by atoms with van der Waals surface area (Å²) < 4.78 is 0. The minimum Gasteiger partial charge on any atom is -0.344 e. The van der Waals surface area contributed by atoms with E-state index in [2.05, 4.69) is 31.2 Å². The summed E-state index contributed by atoms with van der Waals surface area (Å²) in [7, 11) is 1.99. The van der Waals surface area contributed by atoms with Crippen molar-refractivity contribution >= 4 is 5.96 Å². The second-order valence-corrected chi connectivity index (χ2v) is 5.11. The predicted molar refractivity (Wildman–Crippen MR) is 62.0 cm³/mol. The quantitative estimate of drug-likeness (QED) is 0.305. The van der Waals surface area contributed by atoms with Crippen molar-refractivity contribution < 1.29 is 0 Å². The molecule has 0 bridgehead atoms. The van der Waals surface area contributed by atoms with E-state index in [1.807, 2.05) is 25.8 Å². The molecule has 4 heteroatoms. The molecule has 0 unspecified atom stereocenters. The predicted octanol–water partition coefficient (Wildman–Crippen LogP) is 1.19. The van der Waals surface area contributed by atoms with Crippen LogP contribution in [0, 0.1) is 5.41 Å². The largest absolute Gasteiger partial charge is 0.344 e.